The van der Waals surface area contributed by atoms with Crippen LogP contribution in [0.1, 0.15) is 167 Å². The molecule has 4 aliphatic heterocycles. The van der Waals surface area contributed by atoms with Crippen LogP contribution in [0.15, 0.2) is 109 Å². The number of aliphatic carboxylic acids is 1. The number of para-hydroxylation sites is 4. The first-order valence-electron chi connectivity index (χ1n) is 37.3. The van der Waals surface area contributed by atoms with Gasteiger partial charge in [0.2, 0.25) is 29.5 Å². The first-order chi connectivity index (χ1) is 52.3. The minimum atomic E-state index is -4.84. The molecule has 10 rings (SSSR count). The molecule has 0 bridgehead atoms. The van der Waals surface area contributed by atoms with E-state index in [1.165, 1.54) is 24.7 Å². The molecule has 4 unspecified atom stereocenters. The van der Waals surface area contributed by atoms with E-state index < -0.39 is 69.0 Å². The summed E-state index contributed by atoms with van der Waals surface area (Å²) >= 11 is 2.38. The van der Waals surface area contributed by atoms with Gasteiger partial charge in [0.25, 0.3) is 0 Å². The molecular weight excluding hydrogens is 1610 g/mol. The number of esters is 2. The van der Waals surface area contributed by atoms with Gasteiger partial charge in [-0.3, -0.25) is 38.4 Å². The molecule has 4 saturated heterocycles. The van der Waals surface area contributed by atoms with Crippen molar-refractivity contribution in [3.63, 3.8) is 0 Å². The Hall–Kier alpha value is -8.46. The maximum Gasteiger partial charge on any atom is 1.00 e. The summed E-state index contributed by atoms with van der Waals surface area (Å²) in [6.45, 7) is 35.0. The number of aryl methyl sites for hydroxylation is 9. The number of hydrogen-bond acceptors (Lipinski definition) is 12. The molecular formula is C86H109F9ILiN6O12. The molecule has 29 heteroatoms. The van der Waals surface area contributed by atoms with Gasteiger partial charge in [0.1, 0.15) is 0 Å². The molecule has 5 N–H and O–H groups in total. The van der Waals surface area contributed by atoms with Crippen molar-refractivity contribution in [2.75, 3.05) is 75.5 Å². The number of benzene rings is 6. The molecule has 4 fully saturated rings. The summed E-state index contributed by atoms with van der Waals surface area (Å²) in [7, 11) is 2.76. The number of nitrogens with two attached hydrogens (primary N) is 1. The normalized spacial score (nSPS) is 18.6. The Morgan fingerprint density at radius 1 is 0.487 bits per heavy atom. The molecule has 6 aromatic rings. The summed E-state index contributed by atoms with van der Waals surface area (Å²) in [5.74, 6) is -0.908. The number of carbonyl (C=O) groups is 8. The molecule has 18 nitrogen and oxygen atoms in total. The van der Waals surface area contributed by atoms with Crippen molar-refractivity contribution in [3.8, 4) is 0 Å². The smallest absolute Gasteiger partial charge is 0.870 e. The van der Waals surface area contributed by atoms with Crippen molar-refractivity contribution < 1.29 is 117 Å². The zero-order valence-corrected chi connectivity index (χ0v) is 71.5. The van der Waals surface area contributed by atoms with Crippen LogP contribution in [0.5, 0.6) is 0 Å². The topological polar surface area (TPSA) is 256 Å². The van der Waals surface area contributed by atoms with Gasteiger partial charge >= 0.3 is 55.3 Å². The largest absolute Gasteiger partial charge is 1.00 e. The average molecular weight is 1720 g/mol. The SMILES string of the molecule is CC(C)CI.COC(=O)C1(CC(C)C)CC(=O)N(c2c(C)cccc2C)C1.COC(=O)C1CC(=O)N(c2c(C)cccc2C)C1.Cc1cc(NC(=O)C2(CC(C)C)CC(=O)N(c3c(C)cccc3C)C2)cc(C(F)(F)F)c1.Cc1cccc(C)c1N1CC(CC(C)C)(C(=O)O)CC1=O.Nc1cc(C(F)(F)F)cc(C(F)(F)F)c1.[Li+].[OH-]. The van der Waals surface area contributed by atoms with Crippen molar-refractivity contribution in [1.29, 1.82) is 0 Å². The van der Waals surface area contributed by atoms with E-state index in [1.54, 1.807) is 26.5 Å². The maximum absolute atomic E-state index is 13.5. The van der Waals surface area contributed by atoms with Crippen LogP contribution in [-0.2, 0) is 66.4 Å². The van der Waals surface area contributed by atoms with E-state index in [4.69, 9.17) is 15.2 Å². The molecule has 4 heterocycles. The molecule has 0 spiro atoms. The van der Waals surface area contributed by atoms with Crippen LogP contribution in [0.2, 0.25) is 0 Å². The molecule has 0 saturated carbocycles. The number of nitrogens with one attached hydrogen (secondary N) is 1. The fourth-order valence-corrected chi connectivity index (χ4v) is 15.2. The minimum absolute atomic E-state index is 0. The number of amides is 5. The van der Waals surface area contributed by atoms with Gasteiger partial charge in [-0.1, -0.05) is 151 Å². The van der Waals surface area contributed by atoms with Crippen molar-refractivity contribution in [1.82, 2.24) is 0 Å². The molecule has 626 valence electrons. The summed E-state index contributed by atoms with van der Waals surface area (Å²) in [6.07, 6.45) is -12.0. The number of carboxylic acids is 1. The van der Waals surface area contributed by atoms with E-state index in [2.05, 4.69) is 55.6 Å². The number of anilines is 6. The van der Waals surface area contributed by atoms with Crippen LogP contribution in [0, 0.1) is 108 Å². The summed E-state index contributed by atoms with van der Waals surface area (Å²) < 4.78 is 123. The summed E-state index contributed by atoms with van der Waals surface area (Å²) in [5.41, 5.74) is 10.1. The fraction of sp³-hybridized carbons (Fsp3) is 0.488. The Bertz CT molecular complexity index is 4310. The predicted molar refractivity (Wildman–Crippen MR) is 434 cm³/mol. The number of nitrogens with zero attached hydrogens (tertiary/aromatic N) is 4. The van der Waals surface area contributed by atoms with Gasteiger partial charge in [-0.05, 0) is 192 Å². The third kappa shape index (κ3) is 26.5. The summed E-state index contributed by atoms with van der Waals surface area (Å²) in [5, 5.41) is 12.3. The molecule has 4 atom stereocenters. The van der Waals surface area contributed by atoms with Crippen molar-refractivity contribution >= 4 is 104 Å². The van der Waals surface area contributed by atoms with Gasteiger partial charge in [-0.25, -0.2) is 0 Å². The number of carbonyl (C=O) groups excluding carboxylic acids is 7. The molecule has 0 aromatic heterocycles. The third-order valence-corrected chi connectivity index (χ3v) is 21.5. The molecule has 0 radical (unpaired) electrons. The fourth-order valence-electron chi connectivity index (χ4n) is 15.2. The Morgan fingerprint density at radius 3 is 1.13 bits per heavy atom. The predicted octanol–water partition coefficient (Wildman–Crippen LogP) is 16.5. The zero-order valence-electron chi connectivity index (χ0n) is 69.4. The van der Waals surface area contributed by atoms with Gasteiger partial charge in [0.05, 0.1) is 53.1 Å². The van der Waals surface area contributed by atoms with E-state index in [0.29, 0.717) is 56.0 Å². The Labute approximate surface area is 695 Å². The standard InChI is InChI=1S/C25H29F3N2O2.C18H25NO3.C17H23NO3.C14H17NO3.C8H5F6N.C4H9I.Li.H2O/c1-15(2)12-24(13-21(31)30(14-24)22-17(4)7-6-8-18(22)5)23(32)29-20-10-16(3)9-19(11-20)25(26,27)28;1-12(2)9-18(17(21)22-5)10-15(20)19(11-18)16-13(3)7-6-8-14(16)4;1-11(2)8-17(16(20)21)9-14(19)18(10-17)15-12(3)6-5-7-13(15)4;1-9-5-4-6-10(2)13(9)15-8-11(7-12(15)16)14(17)18-3;9-7(10,11)4-1-5(8(12,13)14)3-6(15)2-4;1-4(2)3-5;;/h6-11,15H,12-14H2,1-5H3,(H,29,32);6-8,12H,9-11H2,1-5H3;5-7,11H,8-10H2,1-4H3,(H,20,21);4-6,11H,7-8H2,1-3H3;1-3H,15H2;4H,3H2,1-2H3;;1H2/q;;;;;;+1;/p-1. The number of rotatable bonds is 16. The van der Waals surface area contributed by atoms with E-state index in [1.807, 2.05) is 156 Å². The van der Waals surface area contributed by atoms with Gasteiger partial charge in [-0.15, -0.1) is 0 Å². The van der Waals surface area contributed by atoms with E-state index in [-0.39, 0.29) is 128 Å². The second-order valence-electron chi connectivity index (χ2n) is 31.7. The molecule has 6 aromatic carbocycles. The summed E-state index contributed by atoms with van der Waals surface area (Å²) in [6, 6.07) is 27.9. The van der Waals surface area contributed by atoms with E-state index in [9.17, 15) is 83.0 Å². The van der Waals surface area contributed by atoms with Crippen LogP contribution in [-0.4, -0.2) is 103 Å². The number of alkyl halides is 10. The van der Waals surface area contributed by atoms with E-state index in [0.717, 1.165) is 85.3 Å². The quantitative estimate of drug-likeness (QED) is 0.0204. The number of nitrogen functional groups attached to an aromatic ring is 1. The number of halogens is 10. The van der Waals surface area contributed by atoms with Gasteiger partial charge in [-0.2, -0.15) is 39.5 Å². The average Bonchev–Trinajstić information content (AvgIpc) is 1.63. The van der Waals surface area contributed by atoms with Gasteiger partial charge in [0, 0.05) is 90.4 Å². The molecule has 0 aliphatic carbocycles. The maximum atomic E-state index is 13.5. The Kier molecular flexibility index (Phi) is 36.9. The second kappa shape index (κ2) is 42.1. The first kappa shape index (κ1) is 101. The first-order valence-corrected chi connectivity index (χ1v) is 38.8. The van der Waals surface area contributed by atoms with Crippen molar-refractivity contribution in [3.05, 3.63) is 176 Å². The van der Waals surface area contributed by atoms with E-state index >= 15 is 0 Å². The van der Waals surface area contributed by atoms with Crippen LogP contribution in [0.3, 0.4) is 0 Å². The third-order valence-electron chi connectivity index (χ3n) is 19.8. The molecule has 5 amide bonds. The minimum Gasteiger partial charge on any atom is -0.870 e. The monoisotopic (exact) mass is 1720 g/mol. The van der Waals surface area contributed by atoms with Crippen LogP contribution in [0.4, 0.5) is 73.6 Å². The zero-order chi connectivity index (χ0) is 85.5. The van der Waals surface area contributed by atoms with Crippen LogP contribution < -0.4 is 49.5 Å². The molecule has 4 aliphatic rings. The van der Waals surface area contributed by atoms with Crippen molar-refractivity contribution in [2.24, 2.45) is 45.8 Å². The number of methoxy groups -OCH3 is 2. The van der Waals surface area contributed by atoms with Crippen LogP contribution in [0.25, 0.3) is 0 Å². The number of carboxylic acid groups (broad SMARTS) is 1. The van der Waals surface area contributed by atoms with Crippen molar-refractivity contribution in [2.45, 2.75) is 181 Å². The Morgan fingerprint density at radius 2 is 0.800 bits per heavy atom. The molecule has 115 heavy (non-hydrogen) atoms. The summed E-state index contributed by atoms with van der Waals surface area (Å²) in [4.78, 5) is 106. The van der Waals surface area contributed by atoms with Crippen LogP contribution >= 0.6 is 22.6 Å². The van der Waals surface area contributed by atoms with Gasteiger partial charge < -0.3 is 50.7 Å². The number of hydrogen-bond donors (Lipinski definition) is 3. The second-order valence-corrected chi connectivity index (χ2v) is 32.6. The van der Waals surface area contributed by atoms with Gasteiger partial charge in [0.15, 0.2) is 0 Å². The Balaban J connectivity index is 0.000000372. The number of ether oxygens (including phenoxy) is 2.